The predicted molar refractivity (Wildman–Crippen MR) is 73.1 cm³/mol. The van der Waals surface area contributed by atoms with E-state index in [0.29, 0.717) is 6.61 Å². The molecule has 0 bridgehead atoms. The van der Waals surface area contributed by atoms with Gasteiger partial charge in [-0.3, -0.25) is 0 Å². The van der Waals surface area contributed by atoms with Gasteiger partial charge in [-0.15, -0.1) is 0 Å². The summed E-state index contributed by atoms with van der Waals surface area (Å²) in [5.74, 6) is 0.764. The quantitative estimate of drug-likeness (QED) is 0.845. The van der Waals surface area contributed by atoms with Crippen LogP contribution in [0.4, 0.5) is 0 Å². The van der Waals surface area contributed by atoms with Crippen molar-refractivity contribution in [1.82, 2.24) is 0 Å². The molecule has 1 aromatic rings. The van der Waals surface area contributed by atoms with E-state index in [9.17, 15) is 5.11 Å². The van der Waals surface area contributed by atoms with E-state index in [2.05, 4.69) is 0 Å². The molecular formula is C15H24O3. The number of aryl methyl sites for hydroxylation is 1. The first-order valence-electron chi connectivity index (χ1n) is 6.50. The molecule has 3 nitrogen and oxygen atoms in total. The Morgan fingerprint density at radius 3 is 2.39 bits per heavy atom. The summed E-state index contributed by atoms with van der Waals surface area (Å²) in [6.07, 6.45) is -0.0688. The van der Waals surface area contributed by atoms with Gasteiger partial charge in [0.15, 0.2) is 0 Å². The van der Waals surface area contributed by atoms with E-state index in [1.54, 1.807) is 7.11 Å². The molecule has 0 saturated carbocycles. The summed E-state index contributed by atoms with van der Waals surface area (Å²) in [4.78, 5) is 0. The lowest BCUT2D eigenvalue weighted by Gasteiger charge is -2.24. The Labute approximate surface area is 110 Å². The highest BCUT2D eigenvalue weighted by Crippen LogP contribution is 2.33. The molecule has 0 spiro atoms. The summed E-state index contributed by atoms with van der Waals surface area (Å²) >= 11 is 0. The van der Waals surface area contributed by atoms with Crippen LogP contribution in [-0.2, 0) is 4.74 Å². The van der Waals surface area contributed by atoms with Crippen molar-refractivity contribution in [2.24, 2.45) is 0 Å². The van der Waals surface area contributed by atoms with Gasteiger partial charge in [-0.05, 0) is 38.3 Å². The second kappa shape index (κ2) is 6.76. The molecule has 1 aromatic carbocycles. The molecule has 2 atom stereocenters. The van der Waals surface area contributed by atoms with E-state index >= 15 is 0 Å². The maximum Gasteiger partial charge on any atom is 0.127 e. The molecule has 0 aliphatic heterocycles. The zero-order valence-electron chi connectivity index (χ0n) is 12.0. The van der Waals surface area contributed by atoms with Crippen molar-refractivity contribution < 1.29 is 14.6 Å². The van der Waals surface area contributed by atoms with Gasteiger partial charge in [0.05, 0.1) is 13.2 Å². The largest absolute Gasteiger partial charge is 0.496 e. The predicted octanol–water partition coefficient (Wildman–Crippen LogP) is 3.16. The van der Waals surface area contributed by atoms with Gasteiger partial charge in [0.1, 0.15) is 11.9 Å². The highest BCUT2D eigenvalue weighted by molar-refractivity contribution is 5.46. The number of aliphatic hydroxyl groups excluding tert-OH is 1. The second-order valence-electron chi connectivity index (χ2n) is 4.48. The summed E-state index contributed by atoms with van der Waals surface area (Å²) < 4.78 is 11.0. The lowest BCUT2D eigenvalue weighted by Crippen LogP contribution is -2.22. The van der Waals surface area contributed by atoms with Crippen molar-refractivity contribution in [3.63, 3.8) is 0 Å². The molecule has 0 aliphatic rings. The molecule has 0 aromatic heterocycles. The van der Waals surface area contributed by atoms with Gasteiger partial charge in [-0.25, -0.2) is 0 Å². The zero-order chi connectivity index (χ0) is 13.7. The summed E-state index contributed by atoms with van der Waals surface area (Å²) in [5, 5.41) is 10.4. The number of hydrogen-bond donors (Lipinski definition) is 1. The fourth-order valence-corrected chi connectivity index (χ4v) is 2.16. The Bertz CT molecular complexity index is 388. The number of rotatable bonds is 6. The fourth-order valence-electron chi connectivity index (χ4n) is 2.16. The summed E-state index contributed by atoms with van der Waals surface area (Å²) in [6, 6.07) is 3.93. The van der Waals surface area contributed by atoms with Crippen LogP contribution in [-0.4, -0.2) is 24.9 Å². The minimum Gasteiger partial charge on any atom is -0.496 e. The Kier molecular flexibility index (Phi) is 5.63. The minimum absolute atomic E-state index is 0.189. The van der Waals surface area contributed by atoms with Crippen molar-refractivity contribution in [2.75, 3.05) is 13.7 Å². The van der Waals surface area contributed by atoms with Crippen molar-refractivity contribution in [1.29, 1.82) is 0 Å². The molecule has 0 amide bonds. The highest BCUT2D eigenvalue weighted by atomic mass is 16.5. The van der Waals surface area contributed by atoms with E-state index in [1.807, 2.05) is 39.8 Å². The maximum absolute atomic E-state index is 10.4. The second-order valence-corrected chi connectivity index (χ2v) is 4.48. The van der Waals surface area contributed by atoms with E-state index in [-0.39, 0.29) is 6.10 Å². The van der Waals surface area contributed by atoms with Crippen LogP contribution >= 0.6 is 0 Å². The average molecular weight is 252 g/mol. The molecule has 0 radical (unpaired) electrons. The SMILES string of the molecule is CCOC(CC)C(O)c1ccc(C)c(C)c1OC. The zero-order valence-corrected chi connectivity index (χ0v) is 12.0. The van der Waals surface area contributed by atoms with Crippen molar-refractivity contribution >= 4 is 0 Å². The molecule has 1 N–H and O–H groups in total. The topological polar surface area (TPSA) is 38.7 Å². The molecule has 3 heteroatoms. The van der Waals surface area contributed by atoms with Crippen LogP contribution in [0.5, 0.6) is 5.75 Å². The number of ether oxygens (including phenoxy) is 2. The molecular weight excluding hydrogens is 228 g/mol. The van der Waals surface area contributed by atoms with Gasteiger partial charge in [-0.1, -0.05) is 19.1 Å². The smallest absolute Gasteiger partial charge is 0.127 e. The van der Waals surface area contributed by atoms with Crippen molar-refractivity contribution in [3.8, 4) is 5.75 Å². The van der Waals surface area contributed by atoms with E-state index in [0.717, 1.165) is 28.9 Å². The Morgan fingerprint density at radius 2 is 1.89 bits per heavy atom. The number of methoxy groups -OCH3 is 1. The molecule has 1 rings (SSSR count). The van der Waals surface area contributed by atoms with Gasteiger partial charge in [-0.2, -0.15) is 0 Å². The van der Waals surface area contributed by atoms with Crippen LogP contribution in [0.15, 0.2) is 12.1 Å². The summed E-state index contributed by atoms with van der Waals surface area (Å²) in [6.45, 7) is 8.59. The van der Waals surface area contributed by atoms with Crippen molar-refractivity contribution in [2.45, 2.75) is 46.3 Å². The van der Waals surface area contributed by atoms with Crippen LogP contribution < -0.4 is 4.74 Å². The molecule has 0 aliphatic carbocycles. The maximum atomic E-state index is 10.4. The van der Waals surface area contributed by atoms with Gasteiger partial charge in [0.2, 0.25) is 0 Å². The standard InChI is InChI=1S/C15H24O3/c1-6-13(18-7-2)14(16)12-9-8-10(3)11(4)15(12)17-5/h8-9,13-14,16H,6-7H2,1-5H3. The lowest BCUT2D eigenvalue weighted by atomic mass is 9.96. The molecule has 2 unspecified atom stereocenters. The Hall–Kier alpha value is -1.06. The fraction of sp³-hybridized carbons (Fsp3) is 0.600. The van der Waals surface area contributed by atoms with Crippen LogP contribution in [0.2, 0.25) is 0 Å². The molecule has 18 heavy (non-hydrogen) atoms. The van der Waals surface area contributed by atoms with Crippen LogP contribution in [0.3, 0.4) is 0 Å². The summed E-state index contributed by atoms with van der Waals surface area (Å²) in [7, 11) is 1.64. The van der Waals surface area contributed by atoms with Gasteiger partial charge in [0.25, 0.3) is 0 Å². The van der Waals surface area contributed by atoms with E-state index in [1.165, 1.54) is 0 Å². The molecule has 102 valence electrons. The molecule has 0 fully saturated rings. The third kappa shape index (κ3) is 3.03. The Balaban J connectivity index is 3.11. The highest BCUT2D eigenvalue weighted by Gasteiger charge is 2.24. The van der Waals surface area contributed by atoms with Crippen LogP contribution in [0, 0.1) is 13.8 Å². The minimum atomic E-state index is -0.649. The third-order valence-electron chi connectivity index (χ3n) is 3.37. The summed E-state index contributed by atoms with van der Waals surface area (Å²) in [5.41, 5.74) is 3.04. The molecule has 0 heterocycles. The van der Waals surface area contributed by atoms with Crippen LogP contribution in [0.25, 0.3) is 0 Å². The van der Waals surface area contributed by atoms with Gasteiger partial charge >= 0.3 is 0 Å². The third-order valence-corrected chi connectivity index (χ3v) is 3.37. The number of aliphatic hydroxyl groups is 1. The normalized spacial score (nSPS) is 14.3. The van der Waals surface area contributed by atoms with Gasteiger partial charge < -0.3 is 14.6 Å². The lowest BCUT2D eigenvalue weighted by molar-refractivity contribution is -0.0364. The van der Waals surface area contributed by atoms with Crippen molar-refractivity contribution in [3.05, 3.63) is 28.8 Å². The average Bonchev–Trinajstić information content (AvgIpc) is 2.38. The first-order valence-corrected chi connectivity index (χ1v) is 6.50. The molecule has 0 saturated heterocycles. The first-order chi connectivity index (χ1) is 8.56. The van der Waals surface area contributed by atoms with Gasteiger partial charge in [0, 0.05) is 12.2 Å². The number of hydrogen-bond acceptors (Lipinski definition) is 3. The Morgan fingerprint density at radius 1 is 1.22 bits per heavy atom. The monoisotopic (exact) mass is 252 g/mol. The first kappa shape index (κ1) is 15.0. The van der Waals surface area contributed by atoms with E-state index < -0.39 is 6.10 Å². The van der Waals surface area contributed by atoms with Crippen LogP contribution in [0.1, 0.15) is 43.1 Å². The van der Waals surface area contributed by atoms with E-state index in [4.69, 9.17) is 9.47 Å². The number of benzene rings is 1.